The summed E-state index contributed by atoms with van der Waals surface area (Å²) in [4.78, 5) is 17.0. The van der Waals surface area contributed by atoms with Crippen LogP contribution in [0.15, 0.2) is 24.3 Å². The van der Waals surface area contributed by atoms with Crippen LogP contribution >= 0.6 is 0 Å². The second-order valence-corrected chi connectivity index (χ2v) is 8.00. The number of rotatable bonds is 6. The molecule has 27 heavy (non-hydrogen) atoms. The number of para-hydroxylation sites is 2. The van der Waals surface area contributed by atoms with E-state index in [0.29, 0.717) is 6.54 Å². The van der Waals surface area contributed by atoms with Gasteiger partial charge in [0.1, 0.15) is 5.75 Å². The Kier molecular flexibility index (Phi) is 6.83. The highest BCUT2D eigenvalue weighted by Gasteiger charge is 2.28. The van der Waals surface area contributed by atoms with E-state index >= 15 is 0 Å². The standard InChI is InChI=1S/C21H34N4O2/c1-21(10-6-3-7-11-21)23-20(26)22-12-13-24-14-16-25(17-15-24)18-8-4-5-9-19(18)27-2/h4-5,8-9H,3,6-7,10-17H2,1-2H3,(H2,22,23,26). The highest BCUT2D eigenvalue weighted by molar-refractivity contribution is 5.74. The molecule has 1 saturated heterocycles. The van der Waals surface area contributed by atoms with E-state index in [1.54, 1.807) is 7.11 Å². The predicted octanol–water partition coefficient (Wildman–Crippen LogP) is 2.84. The van der Waals surface area contributed by atoms with Gasteiger partial charge in [0.05, 0.1) is 12.8 Å². The number of anilines is 1. The van der Waals surface area contributed by atoms with Crippen LogP contribution in [0.3, 0.4) is 0 Å². The maximum atomic E-state index is 12.2. The van der Waals surface area contributed by atoms with Crippen molar-refractivity contribution in [3.63, 3.8) is 0 Å². The minimum atomic E-state index is -0.0251. The largest absolute Gasteiger partial charge is 0.495 e. The van der Waals surface area contributed by atoms with Crippen LogP contribution in [0.1, 0.15) is 39.0 Å². The first-order valence-electron chi connectivity index (χ1n) is 10.3. The maximum Gasteiger partial charge on any atom is 0.315 e. The van der Waals surface area contributed by atoms with Crippen molar-refractivity contribution >= 4 is 11.7 Å². The first-order chi connectivity index (χ1) is 13.1. The SMILES string of the molecule is COc1ccccc1N1CCN(CCNC(=O)NC2(C)CCCCC2)CC1. The number of nitrogens with zero attached hydrogens (tertiary/aromatic N) is 2. The van der Waals surface area contributed by atoms with Crippen molar-refractivity contribution in [2.75, 3.05) is 51.3 Å². The minimum Gasteiger partial charge on any atom is -0.495 e. The van der Waals surface area contributed by atoms with Gasteiger partial charge in [0.2, 0.25) is 0 Å². The Morgan fingerprint density at radius 2 is 1.81 bits per heavy atom. The lowest BCUT2D eigenvalue weighted by molar-refractivity contribution is 0.207. The lowest BCUT2D eigenvalue weighted by Gasteiger charge is -2.37. The van der Waals surface area contributed by atoms with E-state index in [1.807, 2.05) is 12.1 Å². The number of carbonyl (C=O) groups excluding carboxylic acids is 1. The van der Waals surface area contributed by atoms with E-state index in [9.17, 15) is 4.79 Å². The molecule has 2 N–H and O–H groups in total. The fourth-order valence-electron chi connectivity index (χ4n) is 4.21. The molecule has 0 radical (unpaired) electrons. The van der Waals surface area contributed by atoms with E-state index < -0.39 is 0 Å². The number of hydrogen-bond acceptors (Lipinski definition) is 4. The second kappa shape index (κ2) is 9.31. The lowest BCUT2D eigenvalue weighted by Crippen LogP contribution is -2.53. The minimum absolute atomic E-state index is 0.0212. The summed E-state index contributed by atoms with van der Waals surface area (Å²) in [6.07, 6.45) is 5.90. The van der Waals surface area contributed by atoms with Gasteiger partial charge in [0, 0.05) is 44.8 Å². The van der Waals surface area contributed by atoms with Crippen LogP contribution in [0.5, 0.6) is 5.75 Å². The van der Waals surface area contributed by atoms with Crippen molar-refractivity contribution in [3.8, 4) is 5.75 Å². The van der Waals surface area contributed by atoms with E-state index in [1.165, 1.54) is 19.3 Å². The summed E-state index contributed by atoms with van der Waals surface area (Å²) >= 11 is 0. The summed E-state index contributed by atoms with van der Waals surface area (Å²) in [5.41, 5.74) is 1.14. The molecule has 1 heterocycles. The summed E-state index contributed by atoms with van der Waals surface area (Å²) in [7, 11) is 1.72. The maximum absolute atomic E-state index is 12.2. The number of carbonyl (C=O) groups is 1. The highest BCUT2D eigenvalue weighted by Crippen LogP contribution is 2.28. The number of benzene rings is 1. The first kappa shape index (κ1) is 19.8. The van der Waals surface area contributed by atoms with Crippen LogP contribution < -0.4 is 20.3 Å². The van der Waals surface area contributed by atoms with Crippen LogP contribution in [-0.2, 0) is 0 Å². The smallest absolute Gasteiger partial charge is 0.315 e. The Bertz CT molecular complexity index is 608. The van der Waals surface area contributed by atoms with Crippen LogP contribution in [-0.4, -0.2) is 62.8 Å². The van der Waals surface area contributed by atoms with Gasteiger partial charge in [-0.05, 0) is 31.9 Å². The van der Waals surface area contributed by atoms with E-state index in [4.69, 9.17) is 4.74 Å². The summed E-state index contributed by atoms with van der Waals surface area (Å²) in [6, 6.07) is 8.17. The molecular weight excluding hydrogens is 340 g/mol. The Morgan fingerprint density at radius 3 is 2.52 bits per heavy atom. The fourth-order valence-corrected chi connectivity index (χ4v) is 4.21. The topological polar surface area (TPSA) is 56.8 Å². The third-order valence-corrected chi connectivity index (χ3v) is 5.88. The molecule has 1 aliphatic heterocycles. The highest BCUT2D eigenvalue weighted by atomic mass is 16.5. The monoisotopic (exact) mass is 374 g/mol. The molecule has 6 nitrogen and oxygen atoms in total. The van der Waals surface area contributed by atoms with Gasteiger partial charge in [-0.25, -0.2) is 4.79 Å². The Morgan fingerprint density at radius 1 is 1.11 bits per heavy atom. The first-order valence-corrected chi connectivity index (χ1v) is 10.3. The molecule has 150 valence electrons. The molecule has 1 saturated carbocycles. The number of amides is 2. The van der Waals surface area contributed by atoms with Gasteiger partial charge >= 0.3 is 6.03 Å². The zero-order valence-corrected chi connectivity index (χ0v) is 16.8. The van der Waals surface area contributed by atoms with Gasteiger partial charge < -0.3 is 20.3 Å². The molecule has 1 aliphatic carbocycles. The van der Waals surface area contributed by atoms with Gasteiger partial charge in [0.15, 0.2) is 0 Å². The Labute approximate surface area is 163 Å². The lowest BCUT2D eigenvalue weighted by atomic mass is 9.83. The van der Waals surface area contributed by atoms with E-state index in [-0.39, 0.29) is 11.6 Å². The van der Waals surface area contributed by atoms with Gasteiger partial charge in [-0.1, -0.05) is 31.4 Å². The third-order valence-electron chi connectivity index (χ3n) is 5.88. The Balaban J connectivity index is 1.36. The van der Waals surface area contributed by atoms with Gasteiger partial charge in [-0.3, -0.25) is 4.90 Å². The van der Waals surface area contributed by atoms with Crippen LogP contribution in [0.2, 0.25) is 0 Å². The quantitative estimate of drug-likeness (QED) is 0.804. The van der Waals surface area contributed by atoms with Gasteiger partial charge in [-0.15, -0.1) is 0 Å². The third kappa shape index (κ3) is 5.51. The average Bonchev–Trinajstić information content (AvgIpc) is 2.68. The second-order valence-electron chi connectivity index (χ2n) is 8.00. The zero-order chi connectivity index (χ0) is 19.1. The van der Waals surface area contributed by atoms with Gasteiger partial charge in [-0.2, -0.15) is 0 Å². The molecule has 1 aromatic carbocycles. The Hall–Kier alpha value is -1.95. The average molecular weight is 375 g/mol. The number of nitrogens with one attached hydrogen (secondary N) is 2. The molecule has 0 bridgehead atoms. The van der Waals surface area contributed by atoms with Gasteiger partial charge in [0.25, 0.3) is 0 Å². The van der Waals surface area contributed by atoms with Crippen molar-refractivity contribution in [1.29, 1.82) is 0 Å². The molecule has 0 spiro atoms. The molecule has 0 unspecified atom stereocenters. The molecule has 2 fully saturated rings. The van der Waals surface area contributed by atoms with E-state index in [2.05, 4.69) is 39.5 Å². The van der Waals surface area contributed by atoms with Crippen molar-refractivity contribution in [2.45, 2.75) is 44.6 Å². The fraction of sp³-hybridized carbons (Fsp3) is 0.667. The normalized spacial score (nSPS) is 20.1. The predicted molar refractivity (Wildman–Crippen MR) is 110 cm³/mol. The number of hydrogen-bond donors (Lipinski definition) is 2. The summed E-state index contributed by atoms with van der Waals surface area (Å²) < 4.78 is 5.48. The number of ether oxygens (including phenoxy) is 1. The zero-order valence-electron chi connectivity index (χ0n) is 16.8. The molecule has 3 rings (SSSR count). The van der Waals surface area contributed by atoms with Crippen molar-refractivity contribution < 1.29 is 9.53 Å². The number of piperazine rings is 1. The molecule has 0 aromatic heterocycles. The van der Waals surface area contributed by atoms with Crippen molar-refractivity contribution in [3.05, 3.63) is 24.3 Å². The molecule has 2 amide bonds. The molecular formula is C21H34N4O2. The molecule has 2 aliphatic rings. The molecule has 6 heteroatoms. The number of urea groups is 1. The summed E-state index contributed by atoms with van der Waals surface area (Å²) in [6.45, 7) is 7.71. The van der Waals surface area contributed by atoms with E-state index in [0.717, 1.165) is 57.0 Å². The number of methoxy groups -OCH3 is 1. The van der Waals surface area contributed by atoms with Crippen LogP contribution in [0.4, 0.5) is 10.5 Å². The van der Waals surface area contributed by atoms with Crippen LogP contribution in [0, 0.1) is 0 Å². The van der Waals surface area contributed by atoms with Crippen LogP contribution in [0.25, 0.3) is 0 Å². The van der Waals surface area contributed by atoms with Crippen molar-refractivity contribution in [2.24, 2.45) is 0 Å². The summed E-state index contributed by atoms with van der Waals surface area (Å²) in [5, 5.41) is 6.22. The summed E-state index contributed by atoms with van der Waals surface area (Å²) in [5.74, 6) is 0.931. The molecule has 1 aromatic rings. The molecule has 0 atom stereocenters. The van der Waals surface area contributed by atoms with Crippen molar-refractivity contribution in [1.82, 2.24) is 15.5 Å².